The topological polar surface area (TPSA) is 84.4 Å². The van der Waals surface area contributed by atoms with Crippen molar-refractivity contribution in [2.45, 2.75) is 0 Å². The van der Waals surface area contributed by atoms with E-state index in [0.717, 1.165) is 0 Å². The zero-order chi connectivity index (χ0) is 15.7. The van der Waals surface area contributed by atoms with E-state index in [9.17, 15) is 10.1 Å². The number of hydrogen-bond donors (Lipinski definition) is 0. The smallest absolute Gasteiger partial charge is 0.282 e. The first-order valence-electron chi connectivity index (χ1n) is 6.07. The quantitative estimate of drug-likeness (QED) is 0.300. The number of nitrogens with zero attached hydrogens (tertiary/aromatic N) is 2. The number of ether oxygens (including phenoxy) is 4. The molecule has 0 aliphatic heterocycles. The van der Waals surface area contributed by atoms with Gasteiger partial charge in [-0.1, -0.05) is 0 Å². The number of nitro groups is 1. The molecule has 1 rings (SSSR count). The summed E-state index contributed by atoms with van der Waals surface area (Å²) in [6.07, 6.45) is 0. The van der Waals surface area contributed by atoms with Gasteiger partial charge in [0.2, 0.25) is 0 Å². The average molecular weight is 296 g/mol. The van der Waals surface area contributed by atoms with Crippen LogP contribution in [0.5, 0.6) is 11.5 Å². The van der Waals surface area contributed by atoms with Gasteiger partial charge in [-0.3, -0.25) is 10.1 Å². The summed E-state index contributed by atoms with van der Waals surface area (Å²) in [5.41, 5.74) is -0.428. The number of rotatable bonds is 9. The van der Waals surface area contributed by atoms with E-state index in [-0.39, 0.29) is 36.1 Å². The lowest BCUT2D eigenvalue weighted by Gasteiger charge is -2.13. The van der Waals surface area contributed by atoms with E-state index < -0.39 is 4.92 Å². The molecule has 0 bridgehead atoms. The van der Waals surface area contributed by atoms with E-state index in [0.29, 0.717) is 13.2 Å². The van der Waals surface area contributed by atoms with Crippen LogP contribution in [0.15, 0.2) is 12.1 Å². The van der Waals surface area contributed by atoms with Gasteiger partial charge in [0.25, 0.3) is 11.4 Å². The summed E-state index contributed by atoms with van der Waals surface area (Å²) in [5.74, 6) is 0.460. The number of nitro benzene ring substituents is 1. The molecule has 8 nitrogen and oxygen atoms in total. The molecule has 0 saturated heterocycles. The van der Waals surface area contributed by atoms with Crippen molar-refractivity contribution in [3.05, 3.63) is 33.7 Å². The number of methoxy groups -OCH3 is 2. The van der Waals surface area contributed by atoms with Gasteiger partial charge >= 0.3 is 0 Å². The third-order valence-electron chi connectivity index (χ3n) is 2.45. The Balaban J connectivity index is 3.05. The molecule has 0 unspecified atom stereocenters. The summed E-state index contributed by atoms with van der Waals surface area (Å²) >= 11 is 0. The van der Waals surface area contributed by atoms with E-state index in [1.54, 1.807) is 0 Å². The molecule has 0 aromatic heterocycles. The summed E-state index contributed by atoms with van der Waals surface area (Å²) in [6, 6.07) is 2.48. The second-order valence-electron chi connectivity index (χ2n) is 3.84. The molecule has 21 heavy (non-hydrogen) atoms. The van der Waals surface area contributed by atoms with Crippen molar-refractivity contribution in [1.29, 1.82) is 0 Å². The zero-order valence-corrected chi connectivity index (χ0v) is 11.8. The molecule has 0 amide bonds. The predicted molar refractivity (Wildman–Crippen MR) is 74.1 cm³/mol. The molecule has 0 heterocycles. The Labute approximate surface area is 122 Å². The highest BCUT2D eigenvalue weighted by Gasteiger charge is 2.20. The monoisotopic (exact) mass is 296 g/mol. The third kappa shape index (κ3) is 4.91. The van der Waals surface area contributed by atoms with Gasteiger partial charge in [0.1, 0.15) is 13.2 Å². The zero-order valence-electron chi connectivity index (χ0n) is 11.8. The molecule has 0 radical (unpaired) electrons. The summed E-state index contributed by atoms with van der Waals surface area (Å²) < 4.78 is 20.6. The minimum Gasteiger partial charge on any atom is -0.489 e. The van der Waals surface area contributed by atoms with Gasteiger partial charge in [-0.2, -0.15) is 0 Å². The number of hydrogen-bond acceptors (Lipinski definition) is 6. The van der Waals surface area contributed by atoms with Crippen LogP contribution >= 0.6 is 0 Å². The lowest BCUT2D eigenvalue weighted by molar-refractivity contribution is -0.383. The lowest BCUT2D eigenvalue weighted by atomic mass is 10.2. The Morgan fingerprint density at radius 2 is 1.62 bits per heavy atom. The van der Waals surface area contributed by atoms with Gasteiger partial charge in [0.15, 0.2) is 11.5 Å². The maximum atomic E-state index is 11.0. The molecule has 114 valence electrons. The van der Waals surface area contributed by atoms with Crippen molar-refractivity contribution in [3.63, 3.8) is 0 Å². The summed E-state index contributed by atoms with van der Waals surface area (Å²) in [7, 11) is 3.05. The van der Waals surface area contributed by atoms with E-state index in [2.05, 4.69) is 4.85 Å². The SMILES string of the molecule is [C-]#[N+]c1cc(OCCOC)c(OCCOC)cc1[N+](=O)[O-]. The van der Waals surface area contributed by atoms with Crippen LogP contribution in [0, 0.1) is 16.7 Å². The van der Waals surface area contributed by atoms with Crippen molar-refractivity contribution in [2.75, 3.05) is 40.6 Å². The Morgan fingerprint density at radius 1 is 1.10 bits per heavy atom. The molecule has 1 aromatic carbocycles. The summed E-state index contributed by atoms with van der Waals surface area (Å²) in [6.45, 7) is 8.14. The molecular weight excluding hydrogens is 280 g/mol. The van der Waals surface area contributed by atoms with Crippen LogP contribution in [-0.4, -0.2) is 45.6 Å². The third-order valence-corrected chi connectivity index (χ3v) is 2.45. The van der Waals surface area contributed by atoms with Crippen LogP contribution in [0.25, 0.3) is 4.85 Å². The highest BCUT2D eigenvalue weighted by molar-refractivity contribution is 5.69. The van der Waals surface area contributed by atoms with Crippen molar-refractivity contribution in [2.24, 2.45) is 0 Å². The highest BCUT2D eigenvalue weighted by atomic mass is 16.6. The first-order chi connectivity index (χ1) is 10.1. The van der Waals surface area contributed by atoms with Gasteiger partial charge < -0.3 is 18.9 Å². The Morgan fingerprint density at radius 3 is 2.05 bits per heavy atom. The fourth-order valence-corrected chi connectivity index (χ4v) is 1.47. The molecular formula is C13H16N2O6. The van der Waals surface area contributed by atoms with Gasteiger partial charge in [-0.05, 0) is 6.07 Å². The fourth-order valence-electron chi connectivity index (χ4n) is 1.47. The standard InChI is InChI=1S/C13H16N2O6/c1-14-10-8-12(20-6-4-18-2)13(21-7-5-19-3)9-11(10)15(16)17/h8-9H,4-7H2,2-3H3. The van der Waals surface area contributed by atoms with Crippen LogP contribution in [0.4, 0.5) is 11.4 Å². The van der Waals surface area contributed by atoms with Crippen LogP contribution < -0.4 is 9.47 Å². The molecule has 0 aliphatic rings. The van der Waals surface area contributed by atoms with Crippen LogP contribution in [0.2, 0.25) is 0 Å². The van der Waals surface area contributed by atoms with Gasteiger partial charge in [0.05, 0.1) is 30.8 Å². The summed E-state index contributed by atoms with van der Waals surface area (Å²) in [5, 5.41) is 11.0. The minimum atomic E-state index is -0.629. The maximum Gasteiger partial charge on any atom is 0.282 e. The molecule has 1 aromatic rings. The first kappa shape index (κ1) is 16.7. The minimum absolute atomic E-state index is 0.105. The van der Waals surface area contributed by atoms with Crippen LogP contribution in [0.3, 0.4) is 0 Å². The van der Waals surface area contributed by atoms with Crippen molar-refractivity contribution >= 4 is 11.4 Å². The van der Waals surface area contributed by atoms with Gasteiger partial charge in [0, 0.05) is 14.2 Å². The van der Waals surface area contributed by atoms with Crippen LogP contribution in [-0.2, 0) is 9.47 Å². The van der Waals surface area contributed by atoms with Crippen molar-refractivity contribution < 1.29 is 23.9 Å². The average Bonchev–Trinajstić information content (AvgIpc) is 2.48. The van der Waals surface area contributed by atoms with E-state index in [1.807, 2.05) is 0 Å². The van der Waals surface area contributed by atoms with Gasteiger partial charge in [-0.15, -0.1) is 0 Å². The predicted octanol–water partition coefficient (Wildman–Crippen LogP) is 2.20. The molecule has 0 spiro atoms. The fraction of sp³-hybridized carbons (Fsp3) is 0.462. The maximum absolute atomic E-state index is 11.0. The molecule has 8 heteroatoms. The second-order valence-corrected chi connectivity index (χ2v) is 3.84. The normalized spacial score (nSPS) is 9.95. The van der Waals surface area contributed by atoms with Gasteiger partial charge in [-0.25, -0.2) is 4.85 Å². The Kier molecular flexibility index (Phi) is 6.94. The van der Waals surface area contributed by atoms with E-state index in [1.165, 1.54) is 26.4 Å². The number of benzene rings is 1. The van der Waals surface area contributed by atoms with E-state index >= 15 is 0 Å². The highest BCUT2D eigenvalue weighted by Crippen LogP contribution is 2.39. The first-order valence-corrected chi connectivity index (χ1v) is 6.07. The largest absolute Gasteiger partial charge is 0.489 e. The Hall–Kier alpha value is -2.37. The molecule has 0 saturated carbocycles. The van der Waals surface area contributed by atoms with Crippen molar-refractivity contribution in [1.82, 2.24) is 0 Å². The van der Waals surface area contributed by atoms with E-state index in [4.69, 9.17) is 25.5 Å². The Bertz CT molecular complexity index is 526. The summed E-state index contributed by atoms with van der Waals surface area (Å²) in [4.78, 5) is 13.5. The molecule has 0 aliphatic carbocycles. The lowest BCUT2D eigenvalue weighted by Crippen LogP contribution is -2.08. The molecule has 0 N–H and O–H groups in total. The molecule has 0 atom stereocenters. The van der Waals surface area contributed by atoms with Crippen LogP contribution in [0.1, 0.15) is 0 Å². The van der Waals surface area contributed by atoms with Crippen molar-refractivity contribution in [3.8, 4) is 11.5 Å². The molecule has 0 fully saturated rings. The second kappa shape index (κ2) is 8.73.